The lowest BCUT2D eigenvalue weighted by atomic mass is 10.1. The summed E-state index contributed by atoms with van der Waals surface area (Å²) in [6, 6.07) is 8.89. The molecule has 1 aliphatic carbocycles. The zero-order chi connectivity index (χ0) is 21.7. The first-order chi connectivity index (χ1) is 14.3. The summed E-state index contributed by atoms with van der Waals surface area (Å²) in [5.41, 5.74) is 1.69. The number of hydrogen-bond acceptors (Lipinski definition) is 6. The molecule has 3 amide bonds. The predicted molar refractivity (Wildman–Crippen MR) is 116 cm³/mol. The first-order valence-corrected chi connectivity index (χ1v) is 10.9. The van der Waals surface area contributed by atoms with Crippen molar-refractivity contribution in [1.82, 2.24) is 10.5 Å². The van der Waals surface area contributed by atoms with E-state index >= 15 is 0 Å². The van der Waals surface area contributed by atoms with E-state index < -0.39 is 5.25 Å². The number of rotatable bonds is 9. The van der Waals surface area contributed by atoms with E-state index in [4.69, 9.17) is 4.52 Å². The third-order valence-corrected chi connectivity index (χ3v) is 5.86. The average Bonchev–Trinajstić information content (AvgIpc) is 3.49. The zero-order valence-electron chi connectivity index (χ0n) is 17.2. The van der Waals surface area contributed by atoms with Crippen LogP contribution in [0, 0.1) is 12.8 Å². The van der Waals surface area contributed by atoms with Crippen LogP contribution in [0.15, 0.2) is 34.9 Å². The maximum Gasteiger partial charge on any atom is 0.238 e. The molecule has 0 unspecified atom stereocenters. The number of nitrogens with one attached hydrogen (secondary N) is 3. The molecule has 0 radical (unpaired) electrons. The summed E-state index contributed by atoms with van der Waals surface area (Å²) in [5, 5.41) is 11.8. The molecule has 1 saturated carbocycles. The highest BCUT2D eigenvalue weighted by Crippen LogP contribution is 2.30. The van der Waals surface area contributed by atoms with Crippen molar-refractivity contribution < 1.29 is 18.9 Å². The summed E-state index contributed by atoms with van der Waals surface area (Å²) >= 11 is 1.24. The molecule has 30 heavy (non-hydrogen) atoms. The van der Waals surface area contributed by atoms with Crippen LogP contribution in [0.2, 0.25) is 0 Å². The predicted octanol–water partition coefficient (Wildman–Crippen LogP) is 3.27. The van der Waals surface area contributed by atoms with Gasteiger partial charge in [0.2, 0.25) is 17.7 Å². The summed E-state index contributed by atoms with van der Waals surface area (Å²) < 4.78 is 4.91. The van der Waals surface area contributed by atoms with E-state index in [0.29, 0.717) is 11.6 Å². The van der Waals surface area contributed by atoms with Gasteiger partial charge in [0.25, 0.3) is 0 Å². The van der Waals surface area contributed by atoms with Gasteiger partial charge in [0.1, 0.15) is 5.76 Å². The van der Waals surface area contributed by atoms with Crippen molar-refractivity contribution in [2.75, 3.05) is 16.4 Å². The minimum absolute atomic E-state index is 0.0676. The van der Waals surface area contributed by atoms with Crippen LogP contribution in [0.4, 0.5) is 11.5 Å². The van der Waals surface area contributed by atoms with E-state index in [9.17, 15) is 14.4 Å². The summed E-state index contributed by atoms with van der Waals surface area (Å²) in [6.45, 7) is 5.37. The standard InChI is InChI=1S/C21H26N4O4S/c1-12-10-18(25-29-12)24-20(27)14(3)30-11-19(26)22-13(2)15-6-8-17(9-7-15)23-21(28)16-4-5-16/h6-10,13-14,16H,4-5,11H2,1-3H3,(H,22,26)(H,23,28)(H,24,25,27)/t13-,14+/m0/s1. The van der Waals surface area contributed by atoms with Gasteiger partial charge >= 0.3 is 0 Å². The molecular formula is C21H26N4O4S. The largest absolute Gasteiger partial charge is 0.360 e. The fourth-order valence-electron chi connectivity index (χ4n) is 2.74. The van der Waals surface area contributed by atoms with Gasteiger partial charge in [-0.2, -0.15) is 0 Å². The molecule has 9 heteroatoms. The topological polar surface area (TPSA) is 113 Å². The second-order valence-corrected chi connectivity index (χ2v) is 8.77. The minimum atomic E-state index is -0.419. The Kier molecular flexibility index (Phi) is 7.15. The van der Waals surface area contributed by atoms with Gasteiger partial charge in [-0.15, -0.1) is 11.8 Å². The first-order valence-electron chi connectivity index (χ1n) is 9.88. The molecule has 2 aromatic rings. The van der Waals surface area contributed by atoms with Crippen LogP contribution >= 0.6 is 11.8 Å². The second-order valence-electron chi connectivity index (χ2n) is 7.44. The van der Waals surface area contributed by atoms with Crippen LogP contribution in [0.3, 0.4) is 0 Å². The number of benzene rings is 1. The van der Waals surface area contributed by atoms with E-state index in [-0.39, 0.29) is 35.4 Å². The molecule has 160 valence electrons. The van der Waals surface area contributed by atoms with Crippen LogP contribution in [0.1, 0.15) is 44.1 Å². The number of thioether (sulfide) groups is 1. The number of carbonyl (C=O) groups excluding carboxylic acids is 3. The molecular weight excluding hydrogens is 404 g/mol. The van der Waals surface area contributed by atoms with Gasteiger partial charge in [-0.3, -0.25) is 14.4 Å². The van der Waals surface area contributed by atoms with E-state index in [0.717, 1.165) is 24.1 Å². The van der Waals surface area contributed by atoms with Gasteiger partial charge in [-0.05, 0) is 51.3 Å². The molecule has 0 spiro atoms. The highest BCUT2D eigenvalue weighted by Gasteiger charge is 2.29. The van der Waals surface area contributed by atoms with E-state index in [1.165, 1.54) is 11.8 Å². The van der Waals surface area contributed by atoms with Crippen LogP contribution in [0.5, 0.6) is 0 Å². The maximum absolute atomic E-state index is 12.3. The quantitative estimate of drug-likeness (QED) is 0.563. The molecule has 1 aromatic carbocycles. The van der Waals surface area contributed by atoms with Gasteiger partial charge in [0.05, 0.1) is 17.0 Å². The number of carbonyl (C=O) groups is 3. The highest BCUT2D eigenvalue weighted by molar-refractivity contribution is 8.01. The molecule has 1 heterocycles. The van der Waals surface area contributed by atoms with Crippen molar-refractivity contribution in [2.45, 2.75) is 44.9 Å². The molecule has 2 atom stereocenters. The Bertz CT molecular complexity index is 908. The van der Waals surface area contributed by atoms with Gasteiger partial charge in [0.15, 0.2) is 5.82 Å². The van der Waals surface area contributed by atoms with Crippen molar-refractivity contribution >= 4 is 41.0 Å². The molecule has 1 aromatic heterocycles. The smallest absolute Gasteiger partial charge is 0.238 e. The number of amides is 3. The third-order valence-electron chi connectivity index (χ3n) is 4.72. The van der Waals surface area contributed by atoms with Crippen LogP contribution in [0.25, 0.3) is 0 Å². The van der Waals surface area contributed by atoms with Gasteiger partial charge in [-0.25, -0.2) is 0 Å². The molecule has 1 aliphatic rings. The van der Waals surface area contributed by atoms with Gasteiger partial charge in [0, 0.05) is 17.7 Å². The zero-order valence-corrected chi connectivity index (χ0v) is 18.0. The Balaban J connectivity index is 1.41. The molecule has 3 N–H and O–H groups in total. The molecule has 1 fully saturated rings. The molecule has 0 aliphatic heterocycles. The summed E-state index contributed by atoms with van der Waals surface area (Å²) in [6.07, 6.45) is 1.93. The van der Waals surface area contributed by atoms with E-state index in [1.807, 2.05) is 31.2 Å². The highest BCUT2D eigenvalue weighted by atomic mass is 32.2. The number of anilines is 2. The second kappa shape index (κ2) is 9.80. The molecule has 0 saturated heterocycles. The lowest BCUT2D eigenvalue weighted by molar-refractivity contribution is -0.119. The van der Waals surface area contributed by atoms with Crippen LogP contribution in [-0.4, -0.2) is 33.9 Å². The van der Waals surface area contributed by atoms with Crippen molar-refractivity contribution in [2.24, 2.45) is 5.92 Å². The van der Waals surface area contributed by atoms with Crippen molar-refractivity contribution in [3.8, 4) is 0 Å². The monoisotopic (exact) mass is 430 g/mol. The van der Waals surface area contributed by atoms with E-state index in [2.05, 4.69) is 21.1 Å². The van der Waals surface area contributed by atoms with Gasteiger partial charge in [-0.1, -0.05) is 17.3 Å². The van der Waals surface area contributed by atoms with Crippen molar-refractivity contribution in [3.63, 3.8) is 0 Å². The van der Waals surface area contributed by atoms with Crippen LogP contribution in [-0.2, 0) is 14.4 Å². The number of aryl methyl sites for hydroxylation is 1. The minimum Gasteiger partial charge on any atom is -0.360 e. The molecule has 8 nitrogen and oxygen atoms in total. The maximum atomic E-state index is 12.3. The third kappa shape index (κ3) is 6.35. The Morgan fingerprint density at radius 2 is 1.87 bits per heavy atom. The van der Waals surface area contributed by atoms with Crippen molar-refractivity contribution in [1.29, 1.82) is 0 Å². The number of hydrogen-bond donors (Lipinski definition) is 3. The first kappa shape index (κ1) is 21.9. The molecule has 3 rings (SSSR count). The van der Waals surface area contributed by atoms with Crippen LogP contribution < -0.4 is 16.0 Å². The molecule has 0 bridgehead atoms. The number of nitrogens with zero attached hydrogens (tertiary/aromatic N) is 1. The number of aromatic nitrogens is 1. The average molecular weight is 431 g/mol. The normalized spacial score (nSPS) is 15.2. The van der Waals surface area contributed by atoms with E-state index in [1.54, 1.807) is 19.9 Å². The fourth-order valence-corrected chi connectivity index (χ4v) is 3.44. The van der Waals surface area contributed by atoms with Crippen molar-refractivity contribution in [3.05, 3.63) is 41.7 Å². The Labute approximate surface area is 179 Å². The lowest BCUT2D eigenvalue weighted by Gasteiger charge is -2.16. The summed E-state index contributed by atoms with van der Waals surface area (Å²) in [4.78, 5) is 36.2. The Hall–Kier alpha value is -2.81. The SMILES string of the molecule is Cc1cc(NC(=O)[C@@H](C)SCC(=O)N[C@@H](C)c2ccc(NC(=O)C3CC3)cc2)no1. The Morgan fingerprint density at radius 1 is 1.17 bits per heavy atom. The van der Waals surface area contributed by atoms with Gasteiger partial charge < -0.3 is 20.5 Å². The fraction of sp³-hybridized carbons (Fsp3) is 0.429. The summed E-state index contributed by atoms with van der Waals surface area (Å²) in [7, 11) is 0. The summed E-state index contributed by atoms with van der Waals surface area (Å²) in [5.74, 6) is 0.959. The lowest BCUT2D eigenvalue weighted by Crippen LogP contribution is -2.30. The Morgan fingerprint density at radius 3 is 2.47 bits per heavy atom.